The van der Waals surface area contributed by atoms with E-state index in [1.165, 1.54) is 0 Å². The smallest absolute Gasteiger partial charge is 0.256 e. The van der Waals surface area contributed by atoms with Gasteiger partial charge in [0.1, 0.15) is 0 Å². The van der Waals surface area contributed by atoms with Crippen LogP contribution in [0.3, 0.4) is 0 Å². The molecule has 0 aliphatic rings. The molecule has 1 aromatic heterocycles. The van der Waals surface area contributed by atoms with E-state index in [0.717, 1.165) is 11.1 Å². The maximum absolute atomic E-state index is 12.7. The third-order valence-electron chi connectivity index (χ3n) is 3.73. The van der Waals surface area contributed by atoms with Gasteiger partial charge in [-0.05, 0) is 59.7 Å². The molecule has 2 aromatic carbocycles. The quantitative estimate of drug-likeness (QED) is 0.646. The van der Waals surface area contributed by atoms with Gasteiger partial charge in [0.25, 0.3) is 5.91 Å². The third kappa shape index (κ3) is 4.29. The van der Waals surface area contributed by atoms with Crippen LogP contribution in [0, 0.1) is 0 Å². The van der Waals surface area contributed by atoms with E-state index in [1.807, 2.05) is 12.1 Å². The highest BCUT2D eigenvalue weighted by atomic mass is 35.5. The van der Waals surface area contributed by atoms with E-state index in [9.17, 15) is 4.79 Å². The predicted molar refractivity (Wildman–Crippen MR) is 102 cm³/mol. The van der Waals surface area contributed by atoms with Crippen molar-refractivity contribution in [3.05, 3.63) is 87.7 Å². The van der Waals surface area contributed by atoms with Crippen molar-refractivity contribution in [1.82, 2.24) is 4.98 Å². The van der Waals surface area contributed by atoms with E-state index in [2.05, 4.69) is 10.3 Å². The Morgan fingerprint density at radius 2 is 1.68 bits per heavy atom. The number of carbonyl (C=O) groups is 1. The molecule has 0 aliphatic carbocycles. The van der Waals surface area contributed by atoms with Gasteiger partial charge in [-0.15, -0.1) is 0 Å². The van der Waals surface area contributed by atoms with E-state index in [4.69, 9.17) is 28.9 Å². The number of pyridine rings is 1. The lowest BCUT2D eigenvalue weighted by atomic mass is 9.98. The van der Waals surface area contributed by atoms with E-state index >= 15 is 0 Å². The number of nitrogen functional groups attached to an aromatic ring is 1. The Morgan fingerprint density at radius 1 is 1.00 bits per heavy atom. The zero-order chi connectivity index (χ0) is 17.8. The van der Waals surface area contributed by atoms with Gasteiger partial charge in [-0.25, -0.2) is 0 Å². The average molecular weight is 372 g/mol. The van der Waals surface area contributed by atoms with Crippen molar-refractivity contribution in [1.29, 1.82) is 0 Å². The molecular formula is C19H15Cl2N3O. The molecule has 1 heterocycles. The van der Waals surface area contributed by atoms with Crippen LogP contribution in [0.15, 0.2) is 60.9 Å². The summed E-state index contributed by atoms with van der Waals surface area (Å²) < 4.78 is 0. The van der Waals surface area contributed by atoms with Crippen molar-refractivity contribution in [2.75, 3.05) is 11.1 Å². The summed E-state index contributed by atoms with van der Waals surface area (Å²) in [6.07, 6.45) is 3.92. The first-order valence-corrected chi connectivity index (χ1v) is 8.32. The topological polar surface area (TPSA) is 68.0 Å². The second kappa shape index (κ2) is 7.55. The molecule has 0 bridgehead atoms. The summed E-state index contributed by atoms with van der Waals surface area (Å²) in [6, 6.07) is 13.9. The number of nitrogens with one attached hydrogen (secondary N) is 1. The third-order valence-corrected chi connectivity index (χ3v) is 4.20. The fourth-order valence-corrected chi connectivity index (χ4v) is 2.85. The van der Waals surface area contributed by atoms with E-state index in [0.29, 0.717) is 33.4 Å². The maximum atomic E-state index is 12.7. The molecular weight excluding hydrogens is 357 g/mol. The Balaban J connectivity index is 1.93. The van der Waals surface area contributed by atoms with Gasteiger partial charge in [0.15, 0.2) is 0 Å². The highest BCUT2D eigenvalue weighted by molar-refractivity contribution is 6.31. The number of nitrogens with two attached hydrogens (primary N) is 1. The number of halogens is 2. The Kier molecular flexibility index (Phi) is 5.22. The van der Waals surface area contributed by atoms with Crippen LogP contribution in [0.1, 0.15) is 21.5 Å². The number of hydrogen-bond donors (Lipinski definition) is 2. The Bertz CT molecular complexity index is 897. The molecule has 0 saturated heterocycles. The van der Waals surface area contributed by atoms with Crippen LogP contribution in [0.4, 0.5) is 11.4 Å². The van der Waals surface area contributed by atoms with Crippen molar-refractivity contribution in [3.8, 4) is 0 Å². The summed E-state index contributed by atoms with van der Waals surface area (Å²) in [5, 5.41) is 3.86. The minimum absolute atomic E-state index is 0.277. The minimum Gasteiger partial charge on any atom is -0.398 e. The van der Waals surface area contributed by atoms with Crippen molar-refractivity contribution in [3.63, 3.8) is 0 Å². The molecule has 4 nitrogen and oxygen atoms in total. The lowest BCUT2D eigenvalue weighted by Gasteiger charge is -2.14. The molecule has 126 valence electrons. The Hall–Kier alpha value is -2.56. The van der Waals surface area contributed by atoms with Gasteiger partial charge in [0.05, 0.1) is 0 Å². The molecule has 3 N–H and O–H groups in total. The standard InChI is InChI=1S/C19H15Cl2N3O/c20-13-1-3-15(4-2-13)24-19(25)17-10-14(21)11-18(22)16(17)9-12-5-7-23-8-6-12/h1-8,10-11H,9,22H2,(H,24,25). The minimum atomic E-state index is -0.277. The molecule has 6 heteroatoms. The van der Waals surface area contributed by atoms with Gasteiger partial charge in [0, 0.05) is 45.8 Å². The monoisotopic (exact) mass is 371 g/mol. The SMILES string of the molecule is Nc1cc(Cl)cc(C(=O)Nc2ccc(Cl)cc2)c1Cc1ccncc1. The molecule has 0 spiro atoms. The molecule has 0 radical (unpaired) electrons. The van der Waals surface area contributed by atoms with Crippen LogP contribution in [-0.4, -0.2) is 10.9 Å². The fraction of sp³-hybridized carbons (Fsp3) is 0.0526. The molecule has 0 unspecified atom stereocenters. The van der Waals surface area contributed by atoms with Crippen LogP contribution in [0.5, 0.6) is 0 Å². The molecule has 0 fully saturated rings. The molecule has 0 aliphatic heterocycles. The van der Waals surface area contributed by atoms with Gasteiger partial charge in [-0.2, -0.15) is 0 Å². The molecule has 1 amide bonds. The summed E-state index contributed by atoms with van der Waals surface area (Å²) in [4.78, 5) is 16.7. The van der Waals surface area contributed by atoms with Gasteiger partial charge < -0.3 is 11.1 Å². The summed E-state index contributed by atoms with van der Waals surface area (Å²) in [5.74, 6) is -0.277. The average Bonchev–Trinajstić information content (AvgIpc) is 2.60. The number of rotatable bonds is 4. The molecule has 3 aromatic rings. The van der Waals surface area contributed by atoms with Gasteiger partial charge >= 0.3 is 0 Å². The fourth-order valence-electron chi connectivity index (χ4n) is 2.49. The summed E-state index contributed by atoms with van der Waals surface area (Å²) in [5.41, 5.74) is 9.41. The van der Waals surface area contributed by atoms with Gasteiger partial charge in [-0.3, -0.25) is 9.78 Å². The van der Waals surface area contributed by atoms with Crippen molar-refractivity contribution < 1.29 is 4.79 Å². The first kappa shape index (κ1) is 17.3. The van der Waals surface area contributed by atoms with E-state index in [1.54, 1.807) is 48.8 Å². The van der Waals surface area contributed by atoms with Gasteiger partial charge in [0.2, 0.25) is 0 Å². The number of benzene rings is 2. The Labute approximate surface area is 155 Å². The van der Waals surface area contributed by atoms with Crippen LogP contribution < -0.4 is 11.1 Å². The second-order valence-electron chi connectivity index (χ2n) is 5.51. The number of anilines is 2. The number of hydrogen-bond acceptors (Lipinski definition) is 3. The van der Waals surface area contributed by atoms with Crippen molar-refractivity contribution >= 4 is 40.5 Å². The van der Waals surface area contributed by atoms with Gasteiger partial charge in [-0.1, -0.05) is 23.2 Å². The largest absolute Gasteiger partial charge is 0.398 e. The number of amides is 1. The predicted octanol–water partition coefficient (Wildman–Crippen LogP) is 4.81. The molecule has 25 heavy (non-hydrogen) atoms. The van der Waals surface area contributed by atoms with E-state index < -0.39 is 0 Å². The first-order valence-electron chi connectivity index (χ1n) is 7.56. The number of nitrogens with zero attached hydrogens (tertiary/aromatic N) is 1. The summed E-state index contributed by atoms with van der Waals surface area (Å²) in [6.45, 7) is 0. The number of carbonyl (C=O) groups excluding carboxylic acids is 1. The normalized spacial score (nSPS) is 10.5. The second-order valence-corrected chi connectivity index (χ2v) is 6.39. The lowest BCUT2D eigenvalue weighted by Crippen LogP contribution is -2.16. The number of aromatic nitrogens is 1. The first-order chi connectivity index (χ1) is 12.0. The van der Waals surface area contributed by atoms with Crippen molar-refractivity contribution in [2.45, 2.75) is 6.42 Å². The lowest BCUT2D eigenvalue weighted by molar-refractivity contribution is 0.102. The van der Waals surface area contributed by atoms with Crippen LogP contribution >= 0.6 is 23.2 Å². The van der Waals surface area contributed by atoms with Crippen molar-refractivity contribution in [2.24, 2.45) is 0 Å². The zero-order valence-corrected chi connectivity index (χ0v) is 14.7. The highest BCUT2D eigenvalue weighted by Gasteiger charge is 2.16. The summed E-state index contributed by atoms with van der Waals surface area (Å²) in [7, 11) is 0. The van der Waals surface area contributed by atoms with E-state index in [-0.39, 0.29) is 5.91 Å². The van der Waals surface area contributed by atoms with Crippen LogP contribution in [0.2, 0.25) is 10.0 Å². The molecule has 3 rings (SSSR count). The summed E-state index contributed by atoms with van der Waals surface area (Å²) >= 11 is 12.0. The highest BCUT2D eigenvalue weighted by Crippen LogP contribution is 2.27. The molecule has 0 saturated carbocycles. The van der Waals surface area contributed by atoms with Crippen LogP contribution in [0.25, 0.3) is 0 Å². The van der Waals surface area contributed by atoms with Crippen LogP contribution in [-0.2, 0) is 6.42 Å². The molecule has 0 atom stereocenters. The maximum Gasteiger partial charge on any atom is 0.256 e. The zero-order valence-electron chi connectivity index (χ0n) is 13.2. The Morgan fingerprint density at radius 3 is 2.36 bits per heavy atom.